The van der Waals surface area contributed by atoms with Gasteiger partial charge in [-0.2, -0.15) is 5.10 Å². The fourth-order valence-corrected chi connectivity index (χ4v) is 5.03. The second-order valence-electron chi connectivity index (χ2n) is 12.2. The zero-order valence-electron chi connectivity index (χ0n) is 24.9. The van der Waals surface area contributed by atoms with Crippen LogP contribution in [0, 0.1) is 0 Å². The standard InChI is InChI=1S/C32H41N3O5/c1-31(2,3)22-13-10-20(11-14-22)24-19-25-21(18-26(24)38-7)12-15-23-27(25)34-35(28(23)29(36)39-8)17-9-16-33-30(37)40-32(4,5)6/h10-11,13-14,18-19H,9,12,15-17H2,1-8H3,(H,33,37). The van der Waals surface area contributed by atoms with Crippen molar-refractivity contribution in [3.05, 3.63) is 58.8 Å². The highest BCUT2D eigenvalue weighted by atomic mass is 16.6. The van der Waals surface area contributed by atoms with Gasteiger partial charge in [0.25, 0.3) is 0 Å². The minimum atomic E-state index is -0.563. The van der Waals surface area contributed by atoms with Gasteiger partial charge in [0.05, 0.1) is 19.9 Å². The molecule has 2 aromatic carbocycles. The molecule has 0 saturated heterocycles. The summed E-state index contributed by atoms with van der Waals surface area (Å²) in [6.45, 7) is 12.9. The van der Waals surface area contributed by atoms with Crippen molar-refractivity contribution < 1.29 is 23.8 Å². The average Bonchev–Trinajstić information content (AvgIpc) is 3.27. The zero-order chi connectivity index (χ0) is 29.2. The molecule has 0 spiro atoms. The van der Waals surface area contributed by atoms with Crippen LogP contribution in [0.15, 0.2) is 36.4 Å². The van der Waals surface area contributed by atoms with Gasteiger partial charge in [0, 0.05) is 29.8 Å². The molecule has 40 heavy (non-hydrogen) atoms. The third-order valence-electron chi connectivity index (χ3n) is 7.03. The van der Waals surface area contributed by atoms with E-state index in [-0.39, 0.29) is 5.41 Å². The first-order valence-corrected chi connectivity index (χ1v) is 13.8. The lowest BCUT2D eigenvalue weighted by Gasteiger charge is -2.21. The van der Waals surface area contributed by atoms with Crippen LogP contribution in [0.1, 0.15) is 75.1 Å². The molecule has 8 heteroatoms. The fourth-order valence-electron chi connectivity index (χ4n) is 5.03. The first kappa shape index (κ1) is 29.2. The van der Waals surface area contributed by atoms with Gasteiger partial charge in [0.2, 0.25) is 0 Å². The van der Waals surface area contributed by atoms with Crippen LogP contribution in [0.2, 0.25) is 0 Å². The number of amides is 1. The Balaban J connectivity index is 1.66. The van der Waals surface area contributed by atoms with Gasteiger partial charge >= 0.3 is 12.1 Å². The molecule has 1 aromatic heterocycles. The lowest BCUT2D eigenvalue weighted by Crippen LogP contribution is -2.33. The first-order chi connectivity index (χ1) is 18.8. The monoisotopic (exact) mass is 547 g/mol. The van der Waals surface area contributed by atoms with Gasteiger partial charge in [-0.05, 0) is 74.3 Å². The van der Waals surface area contributed by atoms with E-state index in [0.29, 0.717) is 31.6 Å². The quantitative estimate of drug-likeness (QED) is 0.275. The summed E-state index contributed by atoms with van der Waals surface area (Å²) < 4.78 is 18.0. The number of fused-ring (bicyclic) bond motifs is 3. The third kappa shape index (κ3) is 6.32. The van der Waals surface area contributed by atoms with Crippen LogP contribution in [0.5, 0.6) is 5.75 Å². The van der Waals surface area contributed by atoms with Crippen LogP contribution >= 0.6 is 0 Å². The molecule has 8 nitrogen and oxygen atoms in total. The van der Waals surface area contributed by atoms with E-state index in [4.69, 9.17) is 19.3 Å². The van der Waals surface area contributed by atoms with Crippen LogP contribution < -0.4 is 10.1 Å². The normalized spacial score (nSPS) is 12.8. The van der Waals surface area contributed by atoms with Crippen LogP contribution in [0.4, 0.5) is 4.79 Å². The maximum Gasteiger partial charge on any atom is 0.407 e. The molecule has 0 aliphatic heterocycles. The number of benzene rings is 2. The summed E-state index contributed by atoms with van der Waals surface area (Å²) in [5.41, 5.74) is 7.06. The van der Waals surface area contributed by atoms with Crippen LogP contribution in [-0.2, 0) is 34.3 Å². The largest absolute Gasteiger partial charge is 0.496 e. The van der Waals surface area contributed by atoms with E-state index in [1.165, 1.54) is 12.7 Å². The molecular formula is C32H41N3O5. The van der Waals surface area contributed by atoms with Crippen LogP contribution in [0.25, 0.3) is 22.4 Å². The Bertz CT molecular complexity index is 1390. The number of carbonyl (C=O) groups is 2. The Labute approximate surface area is 237 Å². The van der Waals surface area contributed by atoms with Crippen molar-refractivity contribution in [2.45, 2.75) is 78.4 Å². The molecule has 0 bridgehead atoms. The Morgan fingerprint density at radius 1 is 0.975 bits per heavy atom. The number of ether oxygens (including phenoxy) is 3. The molecule has 1 amide bonds. The molecule has 0 radical (unpaired) electrons. The van der Waals surface area contributed by atoms with Gasteiger partial charge < -0.3 is 19.5 Å². The topological polar surface area (TPSA) is 91.7 Å². The molecule has 0 fully saturated rings. The maximum absolute atomic E-state index is 12.9. The Morgan fingerprint density at radius 3 is 2.27 bits per heavy atom. The predicted molar refractivity (Wildman–Crippen MR) is 156 cm³/mol. The molecule has 214 valence electrons. The van der Waals surface area contributed by atoms with Gasteiger partial charge in [0.15, 0.2) is 0 Å². The molecule has 1 aliphatic carbocycles. The van der Waals surface area contributed by atoms with E-state index >= 15 is 0 Å². The summed E-state index contributed by atoms with van der Waals surface area (Å²) in [7, 11) is 3.08. The van der Waals surface area contributed by atoms with Crippen molar-refractivity contribution in [2.75, 3.05) is 20.8 Å². The minimum Gasteiger partial charge on any atom is -0.496 e. The first-order valence-electron chi connectivity index (χ1n) is 13.8. The molecule has 1 aliphatic rings. The predicted octanol–water partition coefficient (Wildman–Crippen LogP) is 6.32. The van der Waals surface area contributed by atoms with E-state index < -0.39 is 17.7 Å². The highest BCUT2D eigenvalue weighted by molar-refractivity contribution is 5.93. The van der Waals surface area contributed by atoms with Gasteiger partial charge in [0.1, 0.15) is 17.0 Å². The van der Waals surface area contributed by atoms with Crippen molar-refractivity contribution in [3.63, 3.8) is 0 Å². The summed E-state index contributed by atoms with van der Waals surface area (Å²) in [4.78, 5) is 24.9. The van der Waals surface area contributed by atoms with Crippen molar-refractivity contribution in [1.82, 2.24) is 15.1 Å². The second kappa shape index (κ2) is 11.4. The number of aryl methyl sites for hydroxylation is 2. The van der Waals surface area contributed by atoms with Gasteiger partial charge in [-0.3, -0.25) is 4.68 Å². The average molecular weight is 548 g/mol. The van der Waals surface area contributed by atoms with E-state index in [1.54, 1.807) is 11.8 Å². The highest BCUT2D eigenvalue weighted by Gasteiger charge is 2.30. The number of methoxy groups -OCH3 is 2. The van der Waals surface area contributed by atoms with E-state index in [9.17, 15) is 9.59 Å². The molecule has 0 unspecified atom stereocenters. The summed E-state index contributed by atoms with van der Waals surface area (Å²) >= 11 is 0. The number of hydrogen-bond donors (Lipinski definition) is 1. The molecule has 1 heterocycles. The van der Waals surface area contributed by atoms with Crippen molar-refractivity contribution in [1.29, 1.82) is 0 Å². The minimum absolute atomic E-state index is 0.0624. The summed E-state index contributed by atoms with van der Waals surface area (Å²) in [6, 6.07) is 12.8. The van der Waals surface area contributed by atoms with Crippen molar-refractivity contribution in [2.24, 2.45) is 0 Å². The maximum atomic E-state index is 12.9. The van der Waals surface area contributed by atoms with Crippen LogP contribution in [0.3, 0.4) is 0 Å². The van der Waals surface area contributed by atoms with E-state index in [0.717, 1.165) is 45.7 Å². The number of aromatic nitrogens is 2. The number of esters is 1. The van der Waals surface area contributed by atoms with Crippen LogP contribution in [-0.4, -0.2) is 48.2 Å². The van der Waals surface area contributed by atoms with E-state index in [2.05, 4.69) is 62.5 Å². The van der Waals surface area contributed by atoms with Crippen molar-refractivity contribution in [3.8, 4) is 28.1 Å². The summed E-state index contributed by atoms with van der Waals surface area (Å²) in [5.74, 6) is 0.398. The third-order valence-corrected chi connectivity index (χ3v) is 7.03. The number of alkyl carbamates (subject to hydrolysis) is 1. The number of carbonyl (C=O) groups excluding carboxylic acids is 2. The van der Waals surface area contributed by atoms with Crippen molar-refractivity contribution >= 4 is 12.1 Å². The molecular weight excluding hydrogens is 506 g/mol. The molecule has 3 aromatic rings. The Morgan fingerprint density at radius 2 is 1.68 bits per heavy atom. The fraction of sp³-hybridized carbons (Fsp3) is 0.469. The number of nitrogens with zero attached hydrogens (tertiary/aromatic N) is 2. The Hall–Kier alpha value is -3.81. The zero-order valence-corrected chi connectivity index (χ0v) is 24.9. The van der Waals surface area contributed by atoms with Gasteiger partial charge in [-0.1, -0.05) is 45.0 Å². The number of rotatable bonds is 7. The smallest absolute Gasteiger partial charge is 0.407 e. The lowest BCUT2D eigenvalue weighted by molar-refractivity contribution is 0.0522. The highest BCUT2D eigenvalue weighted by Crippen LogP contribution is 2.42. The molecule has 1 N–H and O–H groups in total. The van der Waals surface area contributed by atoms with Gasteiger partial charge in [-0.15, -0.1) is 0 Å². The van der Waals surface area contributed by atoms with Gasteiger partial charge in [-0.25, -0.2) is 9.59 Å². The second-order valence-corrected chi connectivity index (χ2v) is 12.2. The Kier molecular flexibility index (Phi) is 8.28. The summed E-state index contributed by atoms with van der Waals surface area (Å²) in [5, 5.41) is 7.67. The van der Waals surface area contributed by atoms with E-state index in [1.807, 2.05) is 20.8 Å². The lowest BCUT2D eigenvalue weighted by atomic mass is 9.84. The number of nitrogens with one attached hydrogen (secondary N) is 1. The summed E-state index contributed by atoms with van der Waals surface area (Å²) in [6.07, 6.45) is 1.54. The molecule has 4 rings (SSSR count). The molecule has 0 saturated carbocycles. The SMILES string of the molecule is COC(=O)c1c2c(nn1CCCNC(=O)OC(C)(C)C)-c1cc(-c3ccc(C(C)(C)C)cc3)c(OC)cc1CC2. The number of hydrogen-bond acceptors (Lipinski definition) is 6. The molecule has 0 atom stereocenters.